The molecule has 0 unspecified atom stereocenters. The van der Waals surface area contributed by atoms with Gasteiger partial charge in [-0.15, -0.1) is 0 Å². The Labute approximate surface area is 119 Å². The van der Waals surface area contributed by atoms with E-state index in [-0.39, 0.29) is 23.5 Å². The van der Waals surface area contributed by atoms with E-state index in [9.17, 15) is 18.9 Å². The highest BCUT2D eigenvalue weighted by Crippen LogP contribution is 2.27. The van der Waals surface area contributed by atoms with Crippen molar-refractivity contribution in [2.45, 2.75) is 13.0 Å². The lowest BCUT2D eigenvalue weighted by Gasteiger charge is -2.10. The molecule has 2 rings (SSSR count). The number of halogens is 2. The van der Waals surface area contributed by atoms with E-state index in [0.29, 0.717) is 11.1 Å². The molecule has 0 aromatic heterocycles. The number of nitrogen functional groups attached to an aromatic ring is 1. The molecule has 0 heterocycles. The zero-order chi connectivity index (χ0) is 15.4. The van der Waals surface area contributed by atoms with Gasteiger partial charge in [0.25, 0.3) is 5.69 Å². The Balaban J connectivity index is 2.26. The summed E-state index contributed by atoms with van der Waals surface area (Å²) in [4.78, 5) is 10.1. The SMILES string of the molecule is Nc1cc(Cc2ccccc2OC(F)F)ccc1[N+](=O)[O-]. The fourth-order valence-corrected chi connectivity index (χ4v) is 1.96. The number of rotatable bonds is 5. The van der Waals surface area contributed by atoms with Gasteiger partial charge in [-0.05, 0) is 23.3 Å². The third-order valence-electron chi connectivity index (χ3n) is 2.87. The number of nitrogens with two attached hydrogens (primary N) is 1. The molecule has 0 atom stereocenters. The number of nitrogens with zero attached hydrogens (tertiary/aromatic N) is 1. The molecular formula is C14H12F2N2O3. The highest BCUT2D eigenvalue weighted by molar-refractivity contribution is 5.59. The van der Waals surface area contributed by atoms with Crippen LogP contribution in [-0.2, 0) is 6.42 Å². The molecule has 0 aliphatic carbocycles. The molecule has 0 saturated carbocycles. The Hall–Kier alpha value is -2.70. The molecule has 0 saturated heterocycles. The van der Waals surface area contributed by atoms with Crippen molar-refractivity contribution in [3.05, 3.63) is 63.7 Å². The van der Waals surface area contributed by atoms with Gasteiger partial charge in [0.05, 0.1) is 4.92 Å². The predicted octanol–water partition coefficient (Wildman–Crippen LogP) is 3.37. The lowest BCUT2D eigenvalue weighted by Crippen LogP contribution is -2.05. The van der Waals surface area contributed by atoms with Gasteiger partial charge in [-0.25, -0.2) is 0 Å². The Kier molecular flexibility index (Phi) is 4.32. The lowest BCUT2D eigenvalue weighted by atomic mass is 10.0. The van der Waals surface area contributed by atoms with Crippen LogP contribution >= 0.6 is 0 Å². The van der Waals surface area contributed by atoms with Gasteiger partial charge in [0.15, 0.2) is 0 Å². The number of ether oxygens (including phenoxy) is 1. The molecule has 2 aromatic rings. The number of alkyl halides is 2. The van der Waals surface area contributed by atoms with Crippen LogP contribution in [0.2, 0.25) is 0 Å². The normalized spacial score (nSPS) is 10.6. The molecule has 0 radical (unpaired) electrons. The van der Waals surface area contributed by atoms with Crippen LogP contribution in [-0.4, -0.2) is 11.5 Å². The second kappa shape index (κ2) is 6.17. The van der Waals surface area contributed by atoms with Gasteiger partial charge < -0.3 is 10.5 Å². The lowest BCUT2D eigenvalue weighted by molar-refractivity contribution is -0.383. The van der Waals surface area contributed by atoms with Gasteiger partial charge in [0.1, 0.15) is 11.4 Å². The number of benzene rings is 2. The average molecular weight is 294 g/mol. The van der Waals surface area contributed by atoms with Gasteiger partial charge in [0, 0.05) is 12.5 Å². The molecule has 0 aliphatic rings. The van der Waals surface area contributed by atoms with E-state index in [1.807, 2.05) is 0 Å². The highest BCUT2D eigenvalue weighted by Gasteiger charge is 2.13. The molecule has 110 valence electrons. The molecule has 21 heavy (non-hydrogen) atoms. The second-order valence-electron chi connectivity index (χ2n) is 4.31. The van der Waals surface area contributed by atoms with Crippen LogP contribution in [0.1, 0.15) is 11.1 Å². The monoisotopic (exact) mass is 294 g/mol. The van der Waals surface area contributed by atoms with Crippen molar-refractivity contribution >= 4 is 11.4 Å². The number of para-hydroxylation sites is 1. The topological polar surface area (TPSA) is 78.4 Å². The van der Waals surface area contributed by atoms with E-state index in [2.05, 4.69) is 4.74 Å². The highest BCUT2D eigenvalue weighted by atomic mass is 19.3. The van der Waals surface area contributed by atoms with Gasteiger partial charge in [-0.1, -0.05) is 24.3 Å². The van der Waals surface area contributed by atoms with Crippen LogP contribution in [0.15, 0.2) is 42.5 Å². The quantitative estimate of drug-likeness (QED) is 0.521. The molecule has 7 heteroatoms. The van der Waals surface area contributed by atoms with Crippen molar-refractivity contribution in [1.82, 2.24) is 0 Å². The summed E-state index contributed by atoms with van der Waals surface area (Å²) < 4.78 is 29.1. The summed E-state index contributed by atoms with van der Waals surface area (Å²) in [5.41, 5.74) is 6.67. The van der Waals surface area contributed by atoms with Crippen LogP contribution in [0, 0.1) is 10.1 Å². The zero-order valence-electron chi connectivity index (χ0n) is 10.8. The number of anilines is 1. The van der Waals surface area contributed by atoms with E-state index in [0.717, 1.165) is 0 Å². The summed E-state index contributed by atoms with van der Waals surface area (Å²) >= 11 is 0. The third-order valence-corrected chi connectivity index (χ3v) is 2.87. The van der Waals surface area contributed by atoms with Gasteiger partial charge in [-0.3, -0.25) is 10.1 Å². The Bertz CT molecular complexity index is 662. The summed E-state index contributed by atoms with van der Waals surface area (Å²) in [7, 11) is 0. The zero-order valence-corrected chi connectivity index (χ0v) is 10.8. The van der Waals surface area contributed by atoms with Crippen LogP contribution in [0.4, 0.5) is 20.2 Å². The molecule has 2 aromatic carbocycles. The smallest absolute Gasteiger partial charge is 0.387 e. The third kappa shape index (κ3) is 3.65. The molecule has 0 spiro atoms. The Morgan fingerprint density at radius 2 is 1.95 bits per heavy atom. The first kappa shape index (κ1) is 14.7. The summed E-state index contributed by atoms with van der Waals surface area (Å²) in [5, 5.41) is 10.7. The summed E-state index contributed by atoms with van der Waals surface area (Å²) in [5.74, 6) is 0.0735. The fourth-order valence-electron chi connectivity index (χ4n) is 1.96. The van der Waals surface area contributed by atoms with E-state index < -0.39 is 11.5 Å². The maximum Gasteiger partial charge on any atom is 0.387 e. The van der Waals surface area contributed by atoms with Crippen molar-refractivity contribution in [3.8, 4) is 5.75 Å². The number of nitro groups is 1. The van der Waals surface area contributed by atoms with Crippen molar-refractivity contribution in [1.29, 1.82) is 0 Å². The molecule has 0 aliphatic heterocycles. The molecule has 5 nitrogen and oxygen atoms in total. The van der Waals surface area contributed by atoms with Crippen molar-refractivity contribution in [2.24, 2.45) is 0 Å². The van der Waals surface area contributed by atoms with Crippen molar-refractivity contribution in [2.75, 3.05) is 5.73 Å². The van der Waals surface area contributed by atoms with Crippen LogP contribution in [0.25, 0.3) is 0 Å². The minimum atomic E-state index is -2.91. The molecule has 0 amide bonds. The largest absolute Gasteiger partial charge is 0.435 e. The van der Waals surface area contributed by atoms with Crippen molar-refractivity contribution in [3.63, 3.8) is 0 Å². The maximum atomic E-state index is 12.3. The van der Waals surface area contributed by atoms with Crippen molar-refractivity contribution < 1.29 is 18.4 Å². The van der Waals surface area contributed by atoms with E-state index >= 15 is 0 Å². The average Bonchev–Trinajstić information content (AvgIpc) is 2.40. The number of nitro benzene ring substituents is 1. The molecule has 0 fully saturated rings. The summed E-state index contributed by atoms with van der Waals surface area (Å²) in [6, 6.07) is 10.7. The van der Waals surface area contributed by atoms with E-state index in [4.69, 9.17) is 5.73 Å². The van der Waals surface area contributed by atoms with Crippen LogP contribution in [0.3, 0.4) is 0 Å². The summed E-state index contributed by atoms with van der Waals surface area (Å²) in [6.07, 6.45) is 0.283. The maximum absolute atomic E-state index is 12.3. The van der Waals surface area contributed by atoms with Crippen LogP contribution in [0.5, 0.6) is 5.75 Å². The Morgan fingerprint density at radius 1 is 1.24 bits per heavy atom. The van der Waals surface area contributed by atoms with Gasteiger partial charge in [0.2, 0.25) is 0 Å². The molecule has 0 bridgehead atoms. The number of hydrogen-bond acceptors (Lipinski definition) is 4. The first-order valence-electron chi connectivity index (χ1n) is 6.03. The first-order valence-corrected chi connectivity index (χ1v) is 6.03. The Morgan fingerprint density at radius 3 is 2.57 bits per heavy atom. The van der Waals surface area contributed by atoms with Crippen LogP contribution < -0.4 is 10.5 Å². The number of hydrogen-bond donors (Lipinski definition) is 1. The summed E-state index contributed by atoms with van der Waals surface area (Å²) in [6.45, 7) is -2.91. The minimum absolute atomic E-state index is 0.0322. The van der Waals surface area contributed by atoms with Gasteiger partial charge >= 0.3 is 6.61 Å². The second-order valence-corrected chi connectivity index (χ2v) is 4.31. The van der Waals surface area contributed by atoms with Gasteiger partial charge in [-0.2, -0.15) is 8.78 Å². The predicted molar refractivity (Wildman–Crippen MR) is 73.4 cm³/mol. The fraction of sp³-hybridized carbons (Fsp3) is 0.143. The van der Waals surface area contributed by atoms with E-state index in [1.165, 1.54) is 24.3 Å². The first-order chi connectivity index (χ1) is 9.97. The van der Waals surface area contributed by atoms with E-state index in [1.54, 1.807) is 18.2 Å². The standard InChI is InChI=1S/C14H12F2N2O3/c15-14(16)21-13-4-2-1-3-10(13)7-9-5-6-12(18(19)20)11(17)8-9/h1-6,8,14H,7,17H2. The molecule has 2 N–H and O–H groups in total. The molecular weight excluding hydrogens is 282 g/mol. The minimum Gasteiger partial charge on any atom is -0.435 e.